The van der Waals surface area contributed by atoms with Crippen LogP contribution in [0.1, 0.15) is 19.3 Å². The van der Waals surface area contributed by atoms with Gasteiger partial charge in [0.05, 0.1) is 5.39 Å². The molecule has 1 aromatic carbocycles. The van der Waals surface area contributed by atoms with E-state index in [-0.39, 0.29) is 23.9 Å². The molecule has 0 saturated carbocycles. The first-order valence-electron chi connectivity index (χ1n) is 8.02. The highest BCUT2D eigenvalue weighted by Gasteiger charge is 2.19. The van der Waals surface area contributed by atoms with E-state index in [2.05, 4.69) is 15.6 Å². The summed E-state index contributed by atoms with van der Waals surface area (Å²) in [6, 6.07) is 6.88. The van der Waals surface area contributed by atoms with Crippen LogP contribution in [0, 0.1) is 0 Å². The summed E-state index contributed by atoms with van der Waals surface area (Å²) in [5.74, 6) is -0.117. The molecule has 1 saturated heterocycles. The average Bonchev–Trinajstić information content (AvgIpc) is 3.00. The van der Waals surface area contributed by atoms with E-state index >= 15 is 0 Å². The summed E-state index contributed by atoms with van der Waals surface area (Å²) in [5.41, 5.74) is 0.174. The predicted octanol–water partition coefficient (Wildman–Crippen LogP) is -0.0798. The zero-order valence-corrected chi connectivity index (χ0v) is 13.3. The van der Waals surface area contributed by atoms with Crippen LogP contribution in [0.3, 0.4) is 0 Å². The second kappa shape index (κ2) is 7.20. The molecule has 3 rings (SSSR count). The molecule has 0 aliphatic carbocycles. The lowest BCUT2D eigenvalue weighted by Gasteiger charge is -2.15. The molecule has 24 heavy (non-hydrogen) atoms. The van der Waals surface area contributed by atoms with Crippen molar-refractivity contribution in [3.05, 3.63) is 34.6 Å². The van der Waals surface area contributed by atoms with Crippen molar-refractivity contribution in [3.8, 4) is 0 Å². The summed E-state index contributed by atoms with van der Waals surface area (Å²) in [4.78, 5) is 37.5. The van der Waals surface area contributed by atoms with E-state index in [0.717, 1.165) is 17.6 Å². The summed E-state index contributed by atoms with van der Waals surface area (Å²) >= 11 is 0. The van der Waals surface area contributed by atoms with Gasteiger partial charge in [0.1, 0.15) is 12.1 Å². The van der Waals surface area contributed by atoms with Crippen LogP contribution in [0.15, 0.2) is 29.1 Å². The summed E-state index contributed by atoms with van der Waals surface area (Å²) in [6.07, 6.45) is 2.22. The van der Waals surface area contributed by atoms with Crippen molar-refractivity contribution in [1.29, 1.82) is 0 Å². The van der Waals surface area contributed by atoms with Crippen LogP contribution in [0.4, 0.5) is 0 Å². The number of hydrogen-bond donors (Lipinski definition) is 1. The second-order valence-corrected chi connectivity index (χ2v) is 5.76. The maximum atomic E-state index is 12.2. The molecule has 2 heterocycles. The highest BCUT2D eigenvalue weighted by Crippen LogP contribution is 2.09. The van der Waals surface area contributed by atoms with E-state index in [1.807, 2.05) is 4.90 Å². The van der Waals surface area contributed by atoms with E-state index in [1.54, 1.807) is 24.3 Å². The number of rotatable bonds is 6. The molecular weight excluding hydrogens is 310 g/mol. The second-order valence-electron chi connectivity index (χ2n) is 5.76. The number of hydrogen-bond acceptors (Lipinski definition) is 5. The number of fused-ring (bicyclic) bond motifs is 1. The largest absolute Gasteiger partial charge is 0.354 e. The minimum absolute atomic E-state index is 0.167. The van der Waals surface area contributed by atoms with Gasteiger partial charge in [-0.2, -0.15) is 0 Å². The number of likely N-dealkylation sites (tertiary alicyclic amines) is 1. The van der Waals surface area contributed by atoms with E-state index in [9.17, 15) is 14.4 Å². The number of nitrogens with one attached hydrogen (secondary N) is 1. The van der Waals surface area contributed by atoms with Gasteiger partial charge in [0, 0.05) is 26.1 Å². The van der Waals surface area contributed by atoms with Crippen LogP contribution in [0.5, 0.6) is 0 Å². The summed E-state index contributed by atoms with van der Waals surface area (Å²) in [6.45, 7) is 1.74. The van der Waals surface area contributed by atoms with Crippen LogP contribution in [0.25, 0.3) is 10.9 Å². The molecular formula is C16H19N5O3. The number of carbonyl (C=O) groups is 2. The van der Waals surface area contributed by atoms with Gasteiger partial charge >= 0.3 is 0 Å². The Morgan fingerprint density at radius 2 is 2.08 bits per heavy atom. The number of benzene rings is 1. The zero-order chi connectivity index (χ0) is 16.9. The Labute approximate surface area is 138 Å². The fourth-order valence-corrected chi connectivity index (χ4v) is 2.76. The summed E-state index contributed by atoms with van der Waals surface area (Å²) < 4.78 is 1.06. The first-order valence-corrected chi connectivity index (χ1v) is 8.02. The lowest BCUT2D eigenvalue weighted by Crippen LogP contribution is -2.35. The van der Waals surface area contributed by atoms with Gasteiger partial charge in [-0.05, 0) is 25.0 Å². The molecule has 1 aromatic heterocycles. The smallest absolute Gasteiger partial charge is 0.278 e. The van der Waals surface area contributed by atoms with Crippen molar-refractivity contribution < 1.29 is 9.59 Å². The Morgan fingerprint density at radius 1 is 1.25 bits per heavy atom. The van der Waals surface area contributed by atoms with Gasteiger partial charge in [0.15, 0.2) is 0 Å². The molecule has 8 heteroatoms. The molecule has 1 N–H and O–H groups in total. The Hall–Kier alpha value is -2.77. The number of amides is 2. The molecule has 0 bridgehead atoms. The fourth-order valence-electron chi connectivity index (χ4n) is 2.76. The molecule has 1 aliphatic heterocycles. The Kier molecular flexibility index (Phi) is 4.83. The molecule has 0 radical (unpaired) electrons. The maximum absolute atomic E-state index is 12.2. The highest BCUT2D eigenvalue weighted by molar-refractivity contribution is 5.78. The molecule has 0 unspecified atom stereocenters. The minimum atomic E-state index is -0.335. The van der Waals surface area contributed by atoms with Crippen molar-refractivity contribution in [1.82, 2.24) is 25.2 Å². The van der Waals surface area contributed by atoms with Crippen molar-refractivity contribution in [3.63, 3.8) is 0 Å². The molecule has 1 aliphatic rings. The molecule has 8 nitrogen and oxygen atoms in total. The Morgan fingerprint density at radius 3 is 2.88 bits per heavy atom. The molecule has 2 amide bonds. The SMILES string of the molecule is O=C(Cn1nnc2ccccc2c1=O)NCCCN1CCCC1=O. The average molecular weight is 329 g/mol. The first-order chi connectivity index (χ1) is 11.6. The van der Waals surface area contributed by atoms with Crippen molar-refractivity contribution >= 4 is 22.7 Å². The lowest BCUT2D eigenvalue weighted by molar-refractivity contribution is -0.127. The van der Waals surface area contributed by atoms with Gasteiger partial charge in [0.2, 0.25) is 11.8 Å². The standard InChI is InChI=1S/C16H19N5O3/c22-14(17-8-4-10-20-9-3-7-15(20)23)11-21-16(24)12-5-1-2-6-13(12)18-19-21/h1-2,5-6H,3-4,7-11H2,(H,17,22). The third-order valence-electron chi connectivity index (χ3n) is 4.02. The highest BCUT2D eigenvalue weighted by atomic mass is 16.2. The molecule has 2 aromatic rings. The van der Waals surface area contributed by atoms with Crippen molar-refractivity contribution in [2.45, 2.75) is 25.8 Å². The van der Waals surface area contributed by atoms with E-state index < -0.39 is 0 Å². The molecule has 0 spiro atoms. The number of aromatic nitrogens is 3. The van der Waals surface area contributed by atoms with Crippen LogP contribution in [0.2, 0.25) is 0 Å². The van der Waals surface area contributed by atoms with Gasteiger partial charge in [-0.25, -0.2) is 4.68 Å². The molecule has 126 valence electrons. The topological polar surface area (TPSA) is 97.2 Å². The van der Waals surface area contributed by atoms with E-state index in [0.29, 0.717) is 36.8 Å². The quantitative estimate of drug-likeness (QED) is 0.748. The number of carbonyl (C=O) groups excluding carboxylic acids is 2. The maximum Gasteiger partial charge on any atom is 0.278 e. The van der Waals surface area contributed by atoms with Crippen LogP contribution < -0.4 is 10.9 Å². The van der Waals surface area contributed by atoms with E-state index in [4.69, 9.17) is 0 Å². The Bertz CT molecular complexity index is 817. The van der Waals surface area contributed by atoms with Crippen LogP contribution in [-0.2, 0) is 16.1 Å². The summed E-state index contributed by atoms with van der Waals surface area (Å²) in [5, 5.41) is 10.9. The predicted molar refractivity (Wildman–Crippen MR) is 87.2 cm³/mol. The zero-order valence-electron chi connectivity index (χ0n) is 13.3. The third kappa shape index (κ3) is 3.58. The van der Waals surface area contributed by atoms with Gasteiger partial charge in [-0.15, -0.1) is 5.10 Å². The molecule has 1 fully saturated rings. The summed E-state index contributed by atoms with van der Waals surface area (Å²) in [7, 11) is 0. The van der Waals surface area contributed by atoms with Gasteiger partial charge in [-0.3, -0.25) is 14.4 Å². The monoisotopic (exact) mass is 329 g/mol. The fraction of sp³-hybridized carbons (Fsp3) is 0.438. The molecule has 0 atom stereocenters. The minimum Gasteiger partial charge on any atom is -0.354 e. The third-order valence-corrected chi connectivity index (χ3v) is 4.02. The van der Waals surface area contributed by atoms with Crippen LogP contribution >= 0.6 is 0 Å². The van der Waals surface area contributed by atoms with Crippen molar-refractivity contribution in [2.24, 2.45) is 0 Å². The Balaban J connectivity index is 1.51. The first kappa shape index (κ1) is 16.1. The number of nitrogens with zero attached hydrogens (tertiary/aromatic N) is 4. The van der Waals surface area contributed by atoms with Crippen molar-refractivity contribution in [2.75, 3.05) is 19.6 Å². The van der Waals surface area contributed by atoms with E-state index in [1.165, 1.54) is 0 Å². The lowest BCUT2D eigenvalue weighted by atomic mass is 10.2. The van der Waals surface area contributed by atoms with Crippen LogP contribution in [-0.4, -0.2) is 51.3 Å². The van der Waals surface area contributed by atoms with Gasteiger partial charge in [0.25, 0.3) is 5.56 Å². The van der Waals surface area contributed by atoms with Gasteiger partial charge in [-0.1, -0.05) is 17.3 Å². The van der Waals surface area contributed by atoms with Gasteiger partial charge < -0.3 is 10.2 Å². The normalized spacial score (nSPS) is 14.3.